The first-order valence-corrected chi connectivity index (χ1v) is 11.1. The van der Waals surface area contributed by atoms with Crippen molar-refractivity contribution in [2.24, 2.45) is 5.92 Å². The molecule has 162 valence electrons. The van der Waals surface area contributed by atoms with Crippen molar-refractivity contribution < 1.29 is 19.1 Å². The van der Waals surface area contributed by atoms with E-state index in [1.54, 1.807) is 12.0 Å². The van der Waals surface area contributed by atoms with Crippen LogP contribution in [0, 0.1) is 5.92 Å². The standard InChI is InChI=1S/C23H31N3O4/c1-30-20-11-5-4-10-19(20)24-13-15-25(16-14-24)22(28)21(27)23(29)26-12-6-8-17-7-2-3-9-18(17)26/h4-5,10-11,17-18H,2-3,6-9,12-16H2,1H3. The lowest BCUT2D eigenvalue weighted by atomic mass is 9.78. The molecule has 2 unspecified atom stereocenters. The molecule has 0 spiro atoms. The Labute approximate surface area is 177 Å². The molecule has 2 aliphatic heterocycles. The average Bonchev–Trinajstić information content (AvgIpc) is 2.82. The molecule has 1 aliphatic carbocycles. The van der Waals surface area contributed by atoms with E-state index in [2.05, 4.69) is 4.90 Å². The van der Waals surface area contributed by atoms with E-state index < -0.39 is 17.6 Å². The minimum atomic E-state index is -0.869. The first-order valence-electron chi connectivity index (χ1n) is 11.1. The number of likely N-dealkylation sites (tertiary alicyclic amines) is 1. The van der Waals surface area contributed by atoms with Gasteiger partial charge >= 0.3 is 5.78 Å². The SMILES string of the molecule is COc1ccccc1N1CCN(C(=O)C(=O)C(=O)N2CCCC3CCCCC32)CC1. The molecular weight excluding hydrogens is 382 g/mol. The fraction of sp³-hybridized carbons (Fsp3) is 0.609. The second kappa shape index (κ2) is 9.06. The van der Waals surface area contributed by atoms with E-state index in [1.807, 2.05) is 24.3 Å². The van der Waals surface area contributed by atoms with Crippen LogP contribution in [0.5, 0.6) is 5.75 Å². The number of para-hydroxylation sites is 2. The zero-order chi connectivity index (χ0) is 21.1. The number of ketones is 1. The first-order chi connectivity index (χ1) is 14.6. The molecule has 0 aromatic heterocycles. The zero-order valence-electron chi connectivity index (χ0n) is 17.7. The third-order valence-electron chi connectivity index (χ3n) is 6.89. The lowest BCUT2D eigenvalue weighted by Gasteiger charge is -2.44. The van der Waals surface area contributed by atoms with Crippen LogP contribution < -0.4 is 9.64 Å². The maximum absolute atomic E-state index is 12.9. The highest BCUT2D eigenvalue weighted by Crippen LogP contribution is 2.35. The molecule has 1 aromatic carbocycles. The summed E-state index contributed by atoms with van der Waals surface area (Å²) in [6.07, 6.45) is 6.43. The van der Waals surface area contributed by atoms with Gasteiger partial charge in [0, 0.05) is 38.8 Å². The molecule has 2 heterocycles. The molecule has 0 radical (unpaired) electrons. The van der Waals surface area contributed by atoms with Gasteiger partial charge in [0.05, 0.1) is 12.8 Å². The van der Waals surface area contributed by atoms with Crippen molar-refractivity contribution in [1.29, 1.82) is 0 Å². The van der Waals surface area contributed by atoms with E-state index in [0.29, 0.717) is 38.6 Å². The summed E-state index contributed by atoms with van der Waals surface area (Å²) in [7, 11) is 1.64. The van der Waals surface area contributed by atoms with Crippen LogP contribution in [0.3, 0.4) is 0 Å². The molecule has 0 bridgehead atoms. The van der Waals surface area contributed by atoms with Gasteiger partial charge in [-0.05, 0) is 43.7 Å². The Kier molecular flexibility index (Phi) is 6.25. The van der Waals surface area contributed by atoms with Gasteiger partial charge in [-0.1, -0.05) is 25.0 Å². The van der Waals surface area contributed by atoms with Crippen molar-refractivity contribution in [3.8, 4) is 5.75 Å². The quantitative estimate of drug-likeness (QED) is 0.558. The maximum atomic E-state index is 12.9. The molecule has 7 nitrogen and oxygen atoms in total. The number of methoxy groups -OCH3 is 1. The summed E-state index contributed by atoms with van der Waals surface area (Å²) in [5.41, 5.74) is 0.978. The highest BCUT2D eigenvalue weighted by molar-refractivity contribution is 6.62. The molecule has 0 N–H and O–H groups in total. The molecule has 4 rings (SSSR count). The monoisotopic (exact) mass is 413 g/mol. The number of ether oxygens (including phenoxy) is 1. The van der Waals surface area contributed by atoms with Crippen LogP contribution in [0.25, 0.3) is 0 Å². The van der Waals surface area contributed by atoms with Crippen molar-refractivity contribution in [3.05, 3.63) is 24.3 Å². The lowest BCUT2D eigenvalue weighted by molar-refractivity contribution is -0.156. The molecule has 1 saturated carbocycles. The number of nitrogens with zero attached hydrogens (tertiary/aromatic N) is 3. The average molecular weight is 414 g/mol. The Balaban J connectivity index is 1.36. The van der Waals surface area contributed by atoms with Crippen molar-refractivity contribution in [2.45, 2.75) is 44.6 Å². The highest BCUT2D eigenvalue weighted by Gasteiger charge is 2.40. The summed E-state index contributed by atoms with van der Waals surface area (Å²) < 4.78 is 5.43. The number of rotatable bonds is 4. The van der Waals surface area contributed by atoms with Crippen molar-refractivity contribution in [1.82, 2.24) is 9.80 Å². The number of benzene rings is 1. The first kappa shape index (κ1) is 20.7. The largest absolute Gasteiger partial charge is 0.495 e. The Bertz CT molecular complexity index is 801. The predicted molar refractivity (Wildman–Crippen MR) is 113 cm³/mol. The summed E-state index contributed by atoms with van der Waals surface area (Å²) in [6.45, 7) is 2.63. The molecular formula is C23H31N3O4. The van der Waals surface area contributed by atoms with Gasteiger partial charge in [0.25, 0.3) is 11.8 Å². The van der Waals surface area contributed by atoms with Crippen LogP contribution in [0.2, 0.25) is 0 Å². The van der Waals surface area contributed by atoms with Gasteiger partial charge in [-0.25, -0.2) is 0 Å². The van der Waals surface area contributed by atoms with E-state index in [-0.39, 0.29) is 6.04 Å². The molecule has 2 saturated heterocycles. The Morgan fingerprint density at radius 1 is 0.867 bits per heavy atom. The molecule has 3 aliphatic rings. The van der Waals surface area contributed by atoms with Gasteiger partial charge < -0.3 is 19.4 Å². The maximum Gasteiger partial charge on any atom is 0.307 e. The Morgan fingerprint density at radius 2 is 1.57 bits per heavy atom. The summed E-state index contributed by atoms with van der Waals surface area (Å²) in [4.78, 5) is 43.8. The fourth-order valence-electron chi connectivity index (χ4n) is 5.28. The number of piperazine rings is 1. The minimum Gasteiger partial charge on any atom is -0.495 e. The molecule has 3 fully saturated rings. The zero-order valence-corrected chi connectivity index (χ0v) is 17.7. The van der Waals surface area contributed by atoms with Gasteiger partial charge in [0.2, 0.25) is 0 Å². The van der Waals surface area contributed by atoms with Crippen LogP contribution in [0.4, 0.5) is 5.69 Å². The topological polar surface area (TPSA) is 70.2 Å². The second-order valence-electron chi connectivity index (χ2n) is 8.53. The van der Waals surface area contributed by atoms with Crippen LogP contribution in [-0.4, -0.2) is 73.3 Å². The predicted octanol–water partition coefficient (Wildman–Crippen LogP) is 2.09. The molecule has 30 heavy (non-hydrogen) atoms. The lowest BCUT2D eigenvalue weighted by Crippen LogP contribution is -2.56. The number of fused-ring (bicyclic) bond motifs is 1. The number of Topliss-reactive ketones (excluding diaryl/α,β-unsaturated/α-hetero) is 1. The van der Waals surface area contributed by atoms with Crippen molar-refractivity contribution in [3.63, 3.8) is 0 Å². The van der Waals surface area contributed by atoms with E-state index in [9.17, 15) is 14.4 Å². The number of amides is 2. The number of hydrogen-bond donors (Lipinski definition) is 0. The minimum absolute atomic E-state index is 0.138. The summed E-state index contributed by atoms with van der Waals surface area (Å²) in [5, 5.41) is 0. The number of anilines is 1. The smallest absolute Gasteiger partial charge is 0.307 e. The molecule has 2 amide bonds. The third kappa shape index (κ3) is 4.02. The normalized spacial score (nSPS) is 24.2. The van der Waals surface area contributed by atoms with Gasteiger partial charge in [0.1, 0.15) is 5.75 Å². The van der Waals surface area contributed by atoms with Crippen LogP contribution in [0.1, 0.15) is 38.5 Å². The van der Waals surface area contributed by atoms with E-state index in [0.717, 1.165) is 43.5 Å². The summed E-state index contributed by atoms with van der Waals surface area (Å²) in [6, 6.07) is 7.91. The van der Waals surface area contributed by atoms with Gasteiger partial charge in [-0.2, -0.15) is 0 Å². The van der Waals surface area contributed by atoms with E-state index in [4.69, 9.17) is 4.74 Å². The molecule has 2 atom stereocenters. The third-order valence-corrected chi connectivity index (χ3v) is 6.89. The van der Waals surface area contributed by atoms with E-state index >= 15 is 0 Å². The number of carbonyl (C=O) groups is 3. The number of hydrogen-bond acceptors (Lipinski definition) is 5. The molecule has 7 heteroatoms. The van der Waals surface area contributed by atoms with Crippen molar-refractivity contribution in [2.75, 3.05) is 44.7 Å². The fourth-order valence-corrected chi connectivity index (χ4v) is 5.28. The summed E-state index contributed by atoms with van der Waals surface area (Å²) in [5.74, 6) is -0.840. The Hall–Kier alpha value is -2.57. The van der Waals surface area contributed by atoms with Crippen molar-refractivity contribution >= 4 is 23.3 Å². The van der Waals surface area contributed by atoms with Gasteiger partial charge in [-0.3, -0.25) is 14.4 Å². The molecule has 1 aromatic rings. The second-order valence-corrected chi connectivity index (χ2v) is 8.53. The van der Waals surface area contributed by atoms with Crippen LogP contribution >= 0.6 is 0 Å². The van der Waals surface area contributed by atoms with Gasteiger partial charge in [-0.15, -0.1) is 0 Å². The van der Waals surface area contributed by atoms with Crippen LogP contribution in [-0.2, 0) is 14.4 Å². The Morgan fingerprint density at radius 3 is 2.33 bits per heavy atom. The highest BCUT2D eigenvalue weighted by atomic mass is 16.5. The van der Waals surface area contributed by atoms with Gasteiger partial charge in [0.15, 0.2) is 0 Å². The number of piperidine rings is 1. The number of carbonyl (C=O) groups excluding carboxylic acids is 3. The summed E-state index contributed by atoms with van der Waals surface area (Å²) >= 11 is 0. The van der Waals surface area contributed by atoms with Crippen LogP contribution in [0.15, 0.2) is 24.3 Å². The van der Waals surface area contributed by atoms with E-state index in [1.165, 1.54) is 11.3 Å².